The summed E-state index contributed by atoms with van der Waals surface area (Å²) in [5.41, 5.74) is 18.7. The van der Waals surface area contributed by atoms with Gasteiger partial charge in [0.1, 0.15) is 0 Å². The van der Waals surface area contributed by atoms with Crippen molar-refractivity contribution in [3.05, 3.63) is 210 Å². The Hall–Kier alpha value is -7.24. The van der Waals surface area contributed by atoms with Crippen molar-refractivity contribution < 1.29 is 0 Å². The van der Waals surface area contributed by atoms with Gasteiger partial charge in [0.15, 0.2) is 0 Å². The summed E-state index contributed by atoms with van der Waals surface area (Å²) in [6, 6.07) is 51.3. The van der Waals surface area contributed by atoms with Crippen LogP contribution in [0.2, 0.25) is 0 Å². The summed E-state index contributed by atoms with van der Waals surface area (Å²) in [5, 5.41) is 5.73. The third-order valence-corrected chi connectivity index (χ3v) is 12.5. The Kier molecular flexibility index (Phi) is 6.96. The molecule has 3 aliphatic rings. The molecule has 5 heterocycles. The molecule has 9 aromatic rings. The fraction of sp³-hybridized carbons (Fsp3) is 0.0769. The normalized spacial score (nSPS) is 16.7. The zero-order valence-corrected chi connectivity index (χ0v) is 31.2. The van der Waals surface area contributed by atoms with Gasteiger partial charge in [0, 0.05) is 45.7 Å². The van der Waals surface area contributed by atoms with E-state index >= 15 is 0 Å². The molecule has 5 heteroatoms. The number of fused-ring (bicyclic) bond motifs is 9. The highest BCUT2D eigenvalue weighted by Gasteiger charge is 2.48. The SMILES string of the molecule is C1=CCCC(C2(c3ccccc3)c3ccccc3-c3nc4c5ccccc5n(-c5ccc(-c6ccc(-n7c8c(c9cnccc97)C=CNC8)cc6)cc5)c4cc32)=C1. The van der Waals surface area contributed by atoms with E-state index in [9.17, 15) is 0 Å². The van der Waals surface area contributed by atoms with Gasteiger partial charge in [-0.25, -0.2) is 4.98 Å². The standard InChI is InChI=1S/C52H37N5/c1-3-11-36(12-4-1)52(37-13-5-2-6-14-37)44-17-9-7-15-41(44)50-45(52)31-48-51(55-50)42-16-8-10-18-46(42)56(48)38-23-19-34(20-24-38)35-21-25-39(26-22-35)57-47-28-30-53-32-43(47)40-27-29-54-33-49(40)57/h1-5,7-13,15-32,54H,6,14,33H2. The number of allylic oxidation sites excluding steroid dienone is 4. The van der Waals surface area contributed by atoms with Crippen LogP contribution in [0.15, 0.2) is 182 Å². The third kappa shape index (κ3) is 4.57. The highest BCUT2D eigenvalue weighted by molar-refractivity contribution is 6.09. The lowest BCUT2D eigenvalue weighted by Crippen LogP contribution is -2.30. The second-order valence-electron chi connectivity index (χ2n) is 15.3. The van der Waals surface area contributed by atoms with Gasteiger partial charge < -0.3 is 14.5 Å². The molecule has 57 heavy (non-hydrogen) atoms. The van der Waals surface area contributed by atoms with Crippen LogP contribution in [0.25, 0.3) is 72.7 Å². The number of pyridine rings is 2. The van der Waals surface area contributed by atoms with E-state index < -0.39 is 5.41 Å². The van der Waals surface area contributed by atoms with Gasteiger partial charge in [-0.05, 0) is 95.4 Å². The summed E-state index contributed by atoms with van der Waals surface area (Å²) in [5.74, 6) is 0. The second-order valence-corrected chi connectivity index (χ2v) is 15.3. The minimum absolute atomic E-state index is 0.438. The number of nitrogens with zero attached hydrogens (tertiary/aromatic N) is 4. The predicted molar refractivity (Wildman–Crippen MR) is 233 cm³/mol. The van der Waals surface area contributed by atoms with E-state index in [1.165, 1.54) is 61.1 Å². The second kappa shape index (κ2) is 12.4. The van der Waals surface area contributed by atoms with Gasteiger partial charge in [-0.15, -0.1) is 0 Å². The molecule has 4 aromatic heterocycles. The van der Waals surface area contributed by atoms with Gasteiger partial charge in [-0.3, -0.25) is 4.98 Å². The van der Waals surface area contributed by atoms with Crippen molar-refractivity contribution in [2.24, 2.45) is 0 Å². The zero-order valence-electron chi connectivity index (χ0n) is 31.2. The van der Waals surface area contributed by atoms with Crippen LogP contribution in [0.3, 0.4) is 0 Å². The first-order chi connectivity index (χ1) is 28.3. The van der Waals surface area contributed by atoms with E-state index in [4.69, 9.17) is 4.98 Å². The van der Waals surface area contributed by atoms with E-state index in [0.717, 1.165) is 58.4 Å². The van der Waals surface area contributed by atoms with E-state index in [-0.39, 0.29) is 0 Å². The minimum Gasteiger partial charge on any atom is -0.385 e. The van der Waals surface area contributed by atoms with E-state index in [0.29, 0.717) is 0 Å². The predicted octanol–water partition coefficient (Wildman–Crippen LogP) is 11.8. The molecule has 0 bridgehead atoms. The zero-order chi connectivity index (χ0) is 37.5. The molecule has 0 amide bonds. The Morgan fingerprint density at radius 3 is 2.19 bits per heavy atom. The lowest BCUT2D eigenvalue weighted by molar-refractivity contribution is 0.692. The number of nitrogens with one attached hydrogen (secondary N) is 1. The number of hydrogen-bond donors (Lipinski definition) is 1. The Bertz CT molecular complexity index is 3160. The summed E-state index contributed by atoms with van der Waals surface area (Å²) < 4.78 is 4.77. The maximum atomic E-state index is 5.65. The van der Waals surface area contributed by atoms with Crippen LogP contribution >= 0.6 is 0 Å². The van der Waals surface area contributed by atoms with Gasteiger partial charge >= 0.3 is 0 Å². The molecule has 0 radical (unpaired) electrons. The molecule has 270 valence electrons. The number of hydrogen-bond acceptors (Lipinski definition) is 3. The largest absolute Gasteiger partial charge is 0.385 e. The molecule has 0 spiro atoms. The topological polar surface area (TPSA) is 47.7 Å². The molecule has 1 atom stereocenters. The fourth-order valence-corrected chi connectivity index (χ4v) is 10.0. The van der Waals surface area contributed by atoms with E-state index in [2.05, 4.69) is 183 Å². The number of benzene rings is 5. The van der Waals surface area contributed by atoms with Gasteiger partial charge in [0.05, 0.1) is 45.4 Å². The fourth-order valence-electron chi connectivity index (χ4n) is 10.0. The van der Waals surface area contributed by atoms with Crippen LogP contribution in [0.5, 0.6) is 0 Å². The van der Waals surface area contributed by atoms with Crippen LogP contribution in [0.4, 0.5) is 0 Å². The molecule has 0 fully saturated rings. The molecule has 0 saturated heterocycles. The molecule has 1 unspecified atom stereocenters. The summed E-state index contributed by atoms with van der Waals surface area (Å²) in [7, 11) is 0. The number of rotatable bonds is 5. The van der Waals surface area contributed by atoms with Gasteiger partial charge in [-0.2, -0.15) is 0 Å². The van der Waals surface area contributed by atoms with Crippen molar-refractivity contribution >= 4 is 38.9 Å². The summed E-state index contributed by atoms with van der Waals surface area (Å²) in [6.07, 6.45) is 16.9. The first kappa shape index (κ1) is 32.0. The van der Waals surface area contributed by atoms with Crippen molar-refractivity contribution in [3.8, 4) is 33.8 Å². The molecule has 12 rings (SSSR count). The first-order valence-corrected chi connectivity index (χ1v) is 19.8. The maximum Gasteiger partial charge on any atom is 0.0971 e. The Morgan fingerprint density at radius 1 is 0.649 bits per heavy atom. The highest BCUT2D eigenvalue weighted by Crippen LogP contribution is 2.58. The van der Waals surface area contributed by atoms with Crippen LogP contribution in [-0.4, -0.2) is 19.1 Å². The first-order valence-electron chi connectivity index (χ1n) is 19.8. The molecule has 5 aromatic carbocycles. The van der Waals surface area contributed by atoms with Crippen LogP contribution < -0.4 is 5.32 Å². The molecule has 1 N–H and O–H groups in total. The van der Waals surface area contributed by atoms with Crippen molar-refractivity contribution in [2.45, 2.75) is 24.8 Å². The van der Waals surface area contributed by atoms with Crippen LogP contribution in [0.1, 0.15) is 40.8 Å². The summed E-state index contributed by atoms with van der Waals surface area (Å²) >= 11 is 0. The smallest absolute Gasteiger partial charge is 0.0971 e. The Labute approximate surface area is 330 Å². The molecule has 5 nitrogen and oxygen atoms in total. The molecule has 2 aliphatic carbocycles. The molecule has 0 saturated carbocycles. The van der Waals surface area contributed by atoms with Gasteiger partial charge in [0.25, 0.3) is 0 Å². The Balaban J connectivity index is 1.00. The van der Waals surface area contributed by atoms with Crippen molar-refractivity contribution in [2.75, 3.05) is 0 Å². The van der Waals surface area contributed by atoms with E-state index in [1.807, 2.05) is 18.6 Å². The third-order valence-electron chi connectivity index (χ3n) is 12.5. The van der Waals surface area contributed by atoms with Gasteiger partial charge in [0.2, 0.25) is 0 Å². The molecular weight excluding hydrogens is 695 g/mol. The van der Waals surface area contributed by atoms with E-state index in [1.54, 1.807) is 0 Å². The molecular formula is C52H37N5. The average molecular weight is 732 g/mol. The lowest BCUT2D eigenvalue weighted by atomic mass is 9.65. The summed E-state index contributed by atoms with van der Waals surface area (Å²) in [6.45, 7) is 0.778. The average Bonchev–Trinajstić information content (AvgIpc) is 3.90. The van der Waals surface area contributed by atoms with Crippen molar-refractivity contribution in [3.63, 3.8) is 0 Å². The highest BCUT2D eigenvalue weighted by atomic mass is 15.0. The molecule has 1 aliphatic heterocycles. The summed E-state index contributed by atoms with van der Waals surface area (Å²) in [4.78, 5) is 10.1. The number of aromatic nitrogens is 4. The number of para-hydroxylation sites is 1. The van der Waals surface area contributed by atoms with Gasteiger partial charge in [-0.1, -0.05) is 121 Å². The van der Waals surface area contributed by atoms with Crippen LogP contribution in [-0.2, 0) is 12.0 Å². The minimum atomic E-state index is -0.438. The van der Waals surface area contributed by atoms with Crippen LogP contribution in [0, 0.1) is 0 Å². The lowest BCUT2D eigenvalue weighted by Gasteiger charge is -2.36. The monoisotopic (exact) mass is 731 g/mol. The van der Waals surface area contributed by atoms with Crippen molar-refractivity contribution in [1.82, 2.24) is 24.4 Å². The maximum absolute atomic E-state index is 5.65. The quantitative estimate of drug-likeness (QED) is 0.192. The van der Waals surface area contributed by atoms with Crippen molar-refractivity contribution in [1.29, 1.82) is 0 Å². The Morgan fingerprint density at radius 2 is 1.39 bits per heavy atom.